The van der Waals surface area contributed by atoms with E-state index in [0.717, 1.165) is 6.20 Å². The van der Waals surface area contributed by atoms with Crippen LogP contribution in [0.2, 0.25) is 0 Å². The van der Waals surface area contributed by atoms with E-state index in [1.54, 1.807) is 0 Å². The molecule has 1 aliphatic rings. The number of carbonyl (C=O) groups excluding carboxylic acids is 1. The quantitative estimate of drug-likeness (QED) is 0.451. The summed E-state index contributed by atoms with van der Waals surface area (Å²) in [5.74, 6) is 0. The Morgan fingerprint density at radius 2 is 2.18 bits per heavy atom. The molecule has 0 aromatic carbocycles. The number of carbonyl (C=O) groups is 1. The van der Waals surface area contributed by atoms with Crippen LogP contribution < -0.4 is 15.8 Å². The Balaban J connectivity index is 2.86. The maximum atomic E-state index is 10.6. The van der Waals surface area contributed by atoms with Crippen molar-refractivity contribution in [3.63, 3.8) is 0 Å². The number of nitrogens with one attached hydrogen (secondary N) is 2. The highest BCUT2D eigenvalue weighted by Gasteiger charge is 2.16. The van der Waals surface area contributed by atoms with Crippen LogP contribution >= 0.6 is 0 Å². The van der Waals surface area contributed by atoms with E-state index in [9.17, 15) is 13.2 Å². The third-order valence-electron chi connectivity index (χ3n) is 1.15. The Bertz CT molecular complexity index is 305. The van der Waals surface area contributed by atoms with Gasteiger partial charge < -0.3 is 10.6 Å². The van der Waals surface area contributed by atoms with Crippen molar-refractivity contribution in [3.8, 4) is 0 Å². The van der Waals surface area contributed by atoms with Crippen LogP contribution in [-0.2, 0) is 10.0 Å². The van der Waals surface area contributed by atoms with Gasteiger partial charge in [-0.15, -0.1) is 0 Å². The normalized spacial score (nSPS) is 18.3. The lowest BCUT2D eigenvalue weighted by Gasteiger charge is -2.12. The first-order chi connectivity index (χ1) is 5.00. The van der Waals surface area contributed by atoms with Gasteiger partial charge in [-0.2, -0.15) is 0 Å². The third-order valence-corrected chi connectivity index (χ3v) is 2.15. The molecule has 0 unspecified atom stereocenters. The third kappa shape index (κ3) is 1.92. The zero-order valence-electron chi connectivity index (χ0n) is 5.49. The summed E-state index contributed by atoms with van der Waals surface area (Å²) in [5, 5.41) is 9.20. The van der Waals surface area contributed by atoms with Gasteiger partial charge in [0, 0.05) is 6.20 Å². The second-order valence-electron chi connectivity index (χ2n) is 1.98. The Kier molecular flexibility index (Phi) is 1.83. The van der Waals surface area contributed by atoms with Crippen molar-refractivity contribution >= 4 is 16.1 Å². The minimum Gasteiger partial charge on any atom is -0.333 e. The Labute approximate surface area is 63.5 Å². The van der Waals surface area contributed by atoms with Gasteiger partial charge in [0.1, 0.15) is 0 Å². The summed E-state index contributed by atoms with van der Waals surface area (Å²) in [7, 11) is -3.67. The average Bonchev–Trinajstić information content (AvgIpc) is 1.86. The summed E-state index contributed by atoms with van der Waals surface area (Å²) < 4.78 is 21.2. The largest absolute Gasteiger partial charge is 0.333 e. The summed E-state index contributed by atoms with van der Waals surface area (Å²) in [6, 6.07) is -0.433. The van der Waals surface area contributed by atoms with Gasteiger partial charge in [-0.3, -0.25) is 0 Å². The van der Waals surface area contributed by atoms with Gasteiger partial charge in [0.05, 0.1) is 11.4 Å². The van der Waals surface area contributed by atoms with Crippen LogP contribution in [0.15, 0.2) is 11.1 Å². The molecule has 4 N–H and O–H groups in total. The van der Waals surface area contributed by atoms with E-state index in [2.05, 4.69) is 10.6 Å². The Morgan fingerprint density at radius 1 is 1.55 bits per heavy atom. The Morgan fingerprint density at radius 3 is 2.55 bits per heavy atom. The van der Waals surface area contributed by atoms with Crippen LogP contribution in [0.3, 0.4) is 0 Å². The molecule has 2 amide bonds. The molecule has 0 fully saturated rings. The zero-order chi connectivity index (χ0) is 8.48. The van der Waals surface area contributed by atoms with E-state index in [-0.39, 0.29) is 11.4 Å². The number of primary sulfonamides is 1. The van der Waals surface area contributed by atoms with Gasteiger partial charge >= 0.3 is 6.03 Å². The lowest BCUT2D eigenvalue weighted by atomic mass is 10.5. The lowest BCUT2D eigenvalue weighted by molar-refractivity contribution is 0.244. The predicted octanol–water partition coefficient (Wildman–Crippen LogP) is -1.57. The van der Waals surface area contributed by atoms with E-state index >= 15 is 0 Å². The average molecular weight is 177 g/mol. The van der Waals surface area contributed by atoms with Crippen molar-refractivity contribution in [2.45, 2.75) is 0 Å². The fourth-order valence-electron chi connectivity index (χ4n) is 0.598. The smallest absolute Gasteiger partial charge is 0.319 e. The molecule has 0 saturated heterocycles. The molecule has 1 rings (SSSR count). The molecule has 11 heavy (non-hydrogen) atoms. The highest BCUT2D eigenvalue weighted by atomic mass is 32.2. The van der Waals surface area contributed by atoms with Gasteiger partial charge in [-0.25, -0.2) is 18.4 Å². The molecular formula is C4H7N3O3S. The molecule has 1 aliphatic heterocycles. The van der Waals surface area contributed by atoms with Crippen LogP contribution in [0.4, 0.5) is 4.79 Å². The van der Waals surface area contributed by atoms with Gasteiger partial charge in [-0.05, 0) is 0 Å². The van der Waals surface area contributed by atoms with Gasteiger partial charge in [0.15, 0.2) is 0 Å². The number of hydrogen-bond acceptors (Lipinski definition) is 3. The summed E-state index contributed by atoms with van der Waals surface area (Å²) in [5.41, 5.74) is 0. The van der Waals surface area contributed by atoms with E-state index < -0.39 is 16.1 Å². The molecule has 0 aliphatic carbocycles. The number of hydrogen-bond donors (Lipinski definition) is 3. The molecule has 0 radical (unpaired) electrons. The zero-order valence-corrected chi connectivity index (χ0v) is 6.31. The standard InChI is InChI=1S/C4H7N3O3S/c5-11(9,10)3-1-6-4(8)7-2-3/h1H,2H2,(H2,5,9,10)(H2,6,7,8). The second-order valence-corrected chi connectivity index (χ2v) is 3.60. The van der Waals surface area contributed by atoms with Crippen molar-refractivity contribution in [3.05, 3.63) is 11.1 Å². The minimum atomic E-state index is -3.67. The molecule has 0 aromatic rings. The van der Waals surface area contributed by atoms with E-state index in [1.165, 1.54) is 0 Å². The Hall–Kier alpha value is -1.08. The topological polar surface area (TPSA) is 101 Å². The number of rotatable bonds is 1. The number of urea groups is 1. The predicted molar refractivity (Wildman–Crippen MR) is 37.7 cm³/mol. The van der Waals surface area contributed by atoms with Crippen LogP contribution in [0.1, 0.15) is 0 Å². The lowest BCUT2D eigenvalue weighted by Crippen LogP contribution is -2.41. The van der Waals surface area contributed by atoms with Gasteiger partial charge in [0.2, 0.25) is 10.0 Å². The van der Waals surface area contributed by atoms with Crippen LogP contribution in [0.25, 0.3) is 0 Å². The van der Waals surface area contributed by atoms with E-state index in [1.807, 2.05) is 0 Å². The maximum absolute atomic E-state index is 10.6. The second kappa shape index (κ2) is 2.51. The van der Waals surface area contributed by atoms with E-state index in [4.69, 9.17) is 5.14 Å². The summed E-state index contributed by atoms with van der Waals surface area (Å²) in [6.07, 6.45) is 1.08. The maximum Gasteiger partial charge on any atom is 0.319 e. The van der Waals surface area contributed by atoms with Crippen LogP contribution in [-0.4, -0.2) is 21.0 Å². The number of nitrogens with two attached hydrogens (primary N) is 1. The van der Waals surface area contributed by atoms with Crippen LogP contribution in [0.5, 0.6) is 0 Å². The highest BCUT2D eigenvalue weighted by Crippen LogP contribution is 2.00. The summed E-state index contributed by atoms with van der Waals surface area (Å²) >= 11 is 0. The fourth-order valence-corrected chi connectivity index (χ4v) is 1.09. The molecular weight excluding hydrogens is 170 g/mol. The van der Waals surface area contributed by atoms with Crippen molar-refractivity contribution in [2.75, 3.05) is 6.54 Å². The molecule has 62 valence electrons. The monoisotopic (exact) mass is 177 g/mol. The van der Waals surface area contributed by atoms with Crippen molar-refractivity contribution in [1.82, 2.24) is 10.6 Å². The molecule has 0 saturated carbocycles. The number of amides is 2. The molecule has 0 spiro atoms. The first-order valence-corrected chi connectivity index (χ1v) is 4.31. The molecule has 7 heteroatoms. The molecule has 6 nitrogen and oxygen atoms in total. The van der Waals surface area contributed by atoms with Crippen molar-refractivity contribution in [2.24, 2.45) is 5.14 Å². The van der Waals surface area contributed by atoms with E-state index in [0.29, 0.717) is 0 Å². The first kappa shape index (κ1) is 8.02. The summed E-state index contributed by atoms with van der Waals surface area (Å²) in [4.78, 5) is 10.4. The highest BCUT2D eigenvalue weighted by molar-refractivity contribution is 7.93. The summed E-state index contributed by atoms with van der Waals surface area (Å²) in [6.45, 7) is -0.0509. The van der Waals surface area contributed by atoms with Crippen molar-refractivity contribution in [1.29, 1.82) is 0 Å². The first-order valence-electron chi connectivity index (χ1n) is 2.76. The van der Waals surface area contributed by atoms with Gasteiger partial charge in [-0.1, -0.05) is 0 Å². The molecule has 0 atom stereocenters. The molecule has 0 aromatic heterocycles. The molecule has 0 bridgehead atoms. The fraction of sp³-hybridized carbons (Fsp3) is 0.250. The van der Waals surface area contributed by atoms with Crippen molar-refractivity contribution < 1.29 is 13.2 Å². The molecule has 1 heterocycles. The number of sulfonamides is 1. The SMILES string of the molecule is NS(=O)(=O)C1=CNC(=O)NC1. The minimum absolute atomic E-state index is 0.0305. The van der Waals surface area contributed by atoms with Gasteiger partial charge in [0.25, 0.3) is 0 Å². The van der Waals surface area contributed by atoms with Crippen LogP contribution in [0, 0.1) is 0 Å².